The van der Waals surface area contributed by atoms with Gasteiger partial charge in [0.15, 0.2) is 0 Å². The Morgan fingerprint density at radius 2 is 2.22 bits per heavy atom. The van der Waals surface area contributed by atoms with Crippen LogP contribution in [-0.2, 0) is 4.79 Å². The first-order valence-electron chi connectivity index (χ1n) is 7.21. The lowest BCUT2D eigenvalue weighted by atomic mass is 9.79. The molecule has 2 aliphatic rings. The zero-order chi connectivity index (χ0) is 13.0. The first kappa shape index (κ1) is 14.2. The molecule has 0 aromatic carbocycles. The van der Waals surface area contributed by atoms with Crippen LogP contribution in [0.25, 0.3) is 0 Å². The molecule has 0 aromatic rings. The fraction of sp³-hybridized carbons (Fsp3) is 0.929. The summed E-state index contributed by atoms with van der Waals surface area (Å²) >= 11 is 1.76. The van der Waals surface area contributed by atoms with Crippen LogP contribution in [0.3, 0.4) is 0 Å². The maximum absolute atomic E-state index is 12.0. The average molecular weight is 271 g/mol. The third-order valence-corrected chi connectivity index (χ3v) is 5.51. The lowest BCUT2D eigenvalue weighted by Crippen LogP contribution is -2.47. The fourth-order valence-corrected chi connectivity index (χ4v) is 4.33. The van der Waals surface area contributed by atoms with Crippen LogP contribution in [0.15, 0.2) is 0 Å². The van der Waals surface area contributed by atoms with Crippen molar-refractivity contribution in [1.29, 1.82) is 0 Å². The maximum atomic E-state index is 12.0. The fourth-order valence-electron chi connectivity index (χ4n) is 3.11. The van der Waals surface area contributed by atoms with Crippen molar-refractivity contribution in [3.05, 3.63) is 0 Å². The molecular formula is C14H25NO2S. The number of hydrogen-bond donors (Lipinski definition) is 2. The largest absolute Gasteiger partial charge is 0.388 e. The van der Waals surface area contributed by atoms with E-state index in [1.54, 1.807) is 11.8 Å². The molecule has 1 heterocycles. The van der Waals surface area contributed by atoms with E-state index in [9.17, 15) is 9.90 Å². The molecule has 1 saturated carbocycles. The minimum atomic E-state index is -0.660. The van der Waals surface area contributed by atoms with Gasteiger partial charge in [0.25, 0.3) is 0 Å². The van der Waals surface area contributed by atoms with Crippen LogP contribution in [0, 0.1) is 5.92 Å². The van der Waals surface area contributed by atoms with Gasteiger partial charge in [-0.25, -0.2) is 0 Å². The van der Waals surface area contributed by atoms with Crippen LogP contribution in [0.1, 0.15) is 51.9 Å². The highest BCUT2D eigenvalue weighted by Gasteiger charge is 2.33. The second-order valence-corrected chi connectivity index (χ2v) is 7.31. The predicted molar refractivity (Wildman–Crippen MR) is 75.7 cm³/mol. The van der Waals surface area contributed by atoms with Gasteiger partial charge < -0.3 is 10.4 Å². The van der Waals surface area contributed by atoms with Gasteiger partial charge in [-0.2, -0.15) is 0 Å². The monoisotopic (exact) mass is 271 g/mol. The van der Waals surface area contributed by atoms with E-state index in [0.717, 1.165) is 37.9 Å². The smallest absolute Gasteiger partial charge is 0.233 e. The highest BCUT2D eigenvalue weighted by molar-refractivity contribution is 8.00. The van der Waals surface area contributed by atoms with Gasteiger partial charge in [-0.1, -0.05) is 26.2 Å². The van der Waals surface area contributed by atoms with Gasteiger partial charge in [-0.3, -0.25) is 4.79 Å². The Balaban J connectivity index is 1.77. The first-order chi connectivity index (χ1) is 8.59. The van der Waals surface area contributed by atoms with E-state index in [-0.39, 0.29) is 11.2 Å². The van der Waals surface area contributed by atoms with Crippen molar-refractivity contribution in [2.75, 3.05) is 12.3 Å². The van der Waals surface area contributed by atoms with E-state index in [1.165, 1.54) is 12.8 Å². The summed E-state index contributed by atoms with van der Waals surface area (Å²) in [5.74, 6) is 1.80. The van der Waals surface area contributed by atoms with Crippen LogP contribution in [0.5, 0.6) is 0 Å². The molecule has 3 atom stereocenters. The summed E-state index contributed by atoms with van der Waals surface area (Å²) < 4.78 is 0. The number of aliphatic hydroxyl groups is 1. The molecule has 18 heavy (non-hydrogen) atoms. The molecule has 0 radical (unpaired) electrons. The second-order valence-electron chi connectivity index (χ2n) is 6.00. The predicted octanol–water partition coefficient (Wildman–Crippen LogP) is 2.33. The molecule has 1 aliphatic carbocycles. The molecular weight excluding hydrogens is 246 g/mol. The van der Waals surface area contributed by atoms with Crippen molar-refractivity contribution in [2.45, 2.75) is 62.7 Å². The molecule has 3 unspecified atom stereocenters. The quantitative estimate of drug-likeness (QED) is 0.828. The standard InChI is InChI=1S/C14H25NO2S/c1-11-5-4-7-14(17,9-11)10-15-13(16)12-6-2-3-8-18-12/h11-12,17H,2-10H2,1H3,(H,15,16). The van der Waals surface area contributed by atoms with Crippen LogP contribution in [0.2, 0.25) is 0 Å². The number of thioether (sulfide) groups is 1. The summed E-state index contributed by atoms with van der Waals surface area (Å²) in [5.41, 5.74) is -0.660. The number of amides is 1. The SMILES string of the molecule is CC1CCCC(O)(CNC(=O)C2CCCCS2)C1. The number of rotatable bonds is 3. The molecule has 1 aliphatic heterocycles. The van der Waals surface area contributed by atoms with Crippen molar-refractivity contribution in [3.8, 4) is 0 Å². The molecule has 4 heteroatoms. The summed E-state index contributed by atoms with van der Waals surface area (Å²) in [6, 6.07) is 0. The first-order valence-corrected chi connectivity index (χ1v) is 8.26. The zero-order valence-electron chi connectivity index (χ0n) is 11.3. The highest BCUT2D eigenvalue weighted by atomic mass is 32.2. The average Bonchev–Trinajstić information content (AvgIpc) is 2.37. The van der Waals surface area contributed by atoms with Gasteiger partial charge in [0, 0.05) is 6.54 Å². The van der Waals surface area contributed by atoms with E-state index in [1.807, 2.05) is 0 Å². The summed E-state index contributed by atoms with van der Waals surface area (Å²) in [5, 5.41) is 13.6. The Bertz CT molecular complexity index is 292. The van der Waals surface area contributed by atoms with Crippen LogP contribution < -0.4 is 5.32 Å². The highest BCUT2D eigenvalue weighted by Crippen LogP contribution is 2.32. The van der Waals surface area contributed by atoms with Gasteiger partial charge in [0.05, 0.1) is 10.9 Å². The minimum absolute atomic E-state index is 0.114. The molecule has 3 nitrogen and oxygen atoms in total. The van der Waals surface area contributed by atoms with Gasteiger partial charge >= 0.3 is 0 Å². The third-order valence-electron chi connectivity index (χ3n) is 4.13. The summed E-state index contributed by atoms with van der Waals surface area (Å²) in [6.45, 7) is 2.62. The topological polar surface area (TPSA) is 49.3 Å². The van der Waals surface area contributed by atoms with Gasteiger partial charge in [-0.05, 0) is 37.4 Å². The van der Waals surface area contributed by atoms with Gasteiger partial charge in [-0.15, -0.1) is 11.8 Å². The van der Waals surface area contributed by atoms with Crippen LogP contribution >= 0.6 is 11.8 Å². The molecule has 2 rings (SSSR count). The number of nitrogens with one attached hydrogen (secondary N) is 1. The molecule has 0 spiro atoms. The lowest BCUT2D eigenvalue weighted by Gasteiger charge is -2.36. The van der Waals surface area contributed by atoms with Crippen molar-refractivity contribution in [2.24, 2.45) is 5.92 Å². The van der Waals surface area contributed by atoms with Crippen LogP contribution in [0.4, 0.5) is 0 Å². The molecule has 0 bridgehead atoms. The van der Waals surface area contributed by atoms with Gasteiger partial charge in [0.2, 0.25) is 5.91 Å². The van der Waals surface area contributed by atoms with E-state index in [2.05, 4.69) is 12.2 Å². The van der Waals surface area contributed by atoms with Crippen molar-refractivity contribution in [1.82, 2.24) is 5.32 Å². The Hall–Kier alpha value is -0.220. The summed E-state index contributed by atoms with van der Waals surface area (Å²) in [4.78, 5) is 12.0. The minimum Gasteiger partial charge on any atom is -0.388 e. The maximum Gasteiger partial charge on any atom is 0.233 e. The van der Waals surface area contributed by atoms with Crippen molar-refractivity contribution < 1.29 is 9.90 Å². The van der Waals surface area contributed by atoms with Crippen molar-refractivity contribution in [3.63, 3.8) is 0 Å². The third kappa shape index (κ3) is 3.89. The molecule has 2 N–H and O–H groups in total. The summed E-state index contributed by atoms with van der Waals surface area (Å²) in [7, 11) is 0. The number of carbonyl (C=O) groups excluding carboxylic acids is 1. The second kappa shape index (κ2) is 6.29. The van der Waals surface area contributed by atoms with E-state index in [4.69, 9.17) is 0 Å². The Labute approximate surface area is 114 Å². The molecule has 104 valence electrons. The molecule has 1 amide bonds. The lowest BCUT2D eigenvalue weighted by molar-refractivity contribution is -0.122. The van der Waals surface area contributed by atoms with Crippen LogP contribution in [-0.4, -0.2) is 34.2 Å². The molecule has 1 saturated heterocycles. The van der Waals surface area contributed by atoms with E-state index >= 15 is 0 Å². The Morgan fingerprint density at radius 1 is 1.39 bits per heavy atom. The summed E-state index contributed by atoms with van der Waals surface area (Å²) in [6.07, 6.45) is 7.31. The molecule has 0 aromatic heterocycles. The van der Waals surface area contributed by atoms with Crippen molar-refractivity contribution >= 4 is 17.7 Å². The van der Waals surface area contributed by atoms with E-state index < -0.39 is 5.60 Å². The molecule has 2 fully saturated rings. The van der Waals surface area contributed by atoms with E-state index in [0.29, 0.717) is 12.5 Å². The Kier molecular flexibility index (Phi) is 4.96. The normalized spacial score (nSPS) is 37.2. The number of carbonyl (C=O) groups is 1. The zero-order valence-corrected chi connectivity index (χ0v) is 12.1. The Morgan fingerprint density at radius 3 is 2.89 bits per heavy atom. The van der Waals surface area contributed by atoms with Gasteiger partial charge in [0.1, 0.15) is 0 Å². The number of hydrogen-bond acceptors (Lipinski definition) is 3.